The Kier molecular flexibility index (Phi) is 4.42. The minimum Gasteiger partial charge on any atom is -0.478 e. The predicted octanol–water partition coefficient (Wildman–Crippen LogP) is 3.74. The highest BCUT2D eigenvalue weighted by Gasteiger charge is 2.35. The molecule has 1 saturated carbocycles. The summed E-state index contributed by atoms with van der Waals surface area (Å²) in [5.74, 6) is -1.17. The number of urea groups is 1. The van der Waals surface area contributed by atoms with Gasteiger partial charge in [-0.3, -0.25) is 0 Å². The van der Waals surface area contributed by atoms with Crippen LogP contribution in [0.4, 0.5) is 10.5 Å². The highest BCUT2D eigenvalue weighted by Crippen LogP contribution is 2.37. The van der Waals surface area contributed by atoms with Gasteiger partial charge in [0.1, 0.15) is 5.56 Å². The smallest absolute Gasteiger partial charge is 0.339 e. The minimum absolute atomic E-state index is 0.0568. The lowest BCUT2D eigenvalue weighted by Gasteiger charge is -2.27. The molecule has 1 fully saturated rings. The summed E-state index contributed by atoms with van der Waals surface area (Å²) in [5.41, 5.74) is 0.157. The van der Waals surface area contributed by atoms with Crippen LogP contribution in [0.5, 0.6) is 0 Å². The molecule has 0 heterocycles. The Balaban J connectivity index is 2.10. The standard InChI is InChI=1S/C15H19ClN2O3/c1-15(2)8-4-7-11(15)18-14(21)17-10-6-3-5-9(16)12(10)13(19)20/h3,5-6,11H,4,7-8H2,1-2H3,(H,19,20)(H2,17,18,21). The zero-order valence-electron chi connectivity index (χ0n) is 12.1. The fraction of sp³-hybridized carbons (Fsp3) is 0.467. The third-order valence-electron chi connectivity index (χ3n) is 4.04. The second kappa shape index (κ2) is 5.93. The van der Waals surface area contributed by atoms with Gasteiger partial charge in [0.25, 0.3) is 0 Å². The van der Waals surface area contributed by atoms with Crippen molar-refractivity contribution in [3.8, 4) is 0 Å². The molecule has 0 bridgehead atoms. The molecule has 3 N–H and O–H groups in total. The molecule has 0 aliphatic heterocycles. The average Bonchev–Trinajstić information content (AvgIpc) is 2.68. The van der Waals surface area contributed by atoms with Crippen molar-refractivity contribution in [2.45, 2.75) is 39.2 Å². The Bertz CT molecular complexity index is 572. The number of carboxylic acid groups (broad SMARTS) is 1. The summed E-state index contributed by atoms with van der Waals surface area (Å²) in [7, 11) is 0. The quantitative estimate of drug-likeness (QED) is 0.795. The Hall–Kier alpha value is -1.75. The molecular weight excluding hydrogens is 292 g/mol. The van der Waals surface area contributed by atoms with Crippen molar-refractivity contribution in [1.82, 2.24) is 5.32 Å². The van der Waals surface area contributed by atoms with Gasteiger partial charge in [0.15, 0.2) is 0 Å². The van der Waals surface area contributed by atoms with Crippen LogP contribution in [0.15, 0.2) is 18.2 Å². The molecule has 114 valence electrons. The number of carbonyl (C=O) groups is 2. The number of anilines is 1. The number of carboxylic acids is 1. The first-order valence-electron chi connectivity index (χ1n) is 6.90. The number of amides is 2. The van der Waals surface area contributed by atoms with Crippen LogP contribution < -0.4 is 10.6 Å². The zero-order chi connectivity index (χ0) is 15.6. The maximum absolute atomic E-state index is 12.1. The summed E-state index contributed by atoms with van der Waals surface area (Å²) in [6.07, 6.45) is 3.08. The Morgan fingerprint density at radius 1 is 1.38 bits per heavy atom. The van der Waals surface area contributed by atoms with Crippen LogP contribution in [0, 0.1) is 5.41 Å². The van der Waals surface area contributed by atoms with Gasteiger partial charge in [-0.2, -0.15) is 0 Å². The van der Waals surface area contributed by atoms with Crippen molar-refractivity contribution in [3.63, 3.8) is 0 Å². The van der Waals surface area contributed by atoms with Gasteiger partial charge in [0.2, 0.25) is 0 Å². The molecule has 1 atom stereocenters. The zero-order valence-corrected chi connectivity index (χ0v) is 12.8. The number of carbonyl (C=O) groups excluding carboxylic acids is 1. The van der Waals surface area contributed by atoms with E-state index in [-0.39, 0.29) is 27.7 Å². The molecule has 0 aromatic heterocycles. The van der Waals surface area contributed by atoms with E-state index in [1.54, 1.807) is 6.07 Å². The van der Waals surface area contributed by atoms with Gasteiger partial charge in [-0.1, -0.05) is 37.9 Å². The topological polar surface area (TPSA) is 78.4 Å². The van der Waals surface area contributed by atoms with E-state index in [1.807, 2.05) is 0 Å². The Morgan fingerprint density at radius 2 is 2.10 bits per heavy atom. The van der Waals surface area contributed by atoms with E-state index in [1.165, 1.54) is 12.1 Å². The highest BCUT2D eigenvalue weighted by atomic mass is 35.5. The molecule has 0 saturated heterocycles. The fourth-order valence-electron chi connectivity index (χ4n) is 2.76. The molecule has 2 amide bonds. The number of benzene rings is 1. The van der Waals surface area contributed by atoms with E-state index in [9.17, 15) is 14.7 Å². The largest absolute Gasteiger partial charge is 0.478 e. The van der Waals surface area contributed by atoms with Gasteiger partial charge in [-0.05, 0) is 30.4 Å². The first-order valence-corrected chi connectivity index (χ1v) is 7.28. The lowest BCUT2D eigenvalue weighted by atomic mass is 9.87. The maximum Gasteiger partial charge on any atom is 0.339 e. The predicted molar refractivity (Wildman–Crippen MR) is 82.0 cm³/mol. The summed E-state index contributed by atoms with van der Waals surface area (Å²) < 4.78 is 0. The van der Waals surface area contributed by atoms with Crippen LogP contribution in [0.1, 0.15) is 43.5 Å². The Labute approximate surface area is 128 Å². The highest BCUT2D eigenvalue weighted by molar-refractivity contribution is 6.34. The van der Waals surface area contributed by atoms with Gasteiger partial charge < -0.3 is 15.7 Å². The van der Waals surface area contributed by atoms with Crippen LogP contribution in [-0.2, 0) is 0 Å². The summed E-state index contributed by atoms with van der Waals surface area (Å²) in [4.78, 5) is 23.3. The van der Waals surface area contributed by atoms with Gasteiger partial charge in [0.05, 0.1) is 10.7 Å². The van der Waals surface area contributed by atoms with Crippen LogP contribution in [0.2, 0.25) is 5.02 Å². The first-order chi connectivity index (χ1) is 9.81. The van der Waals surface area contributed by atoms with Gasteiger partial charge in [-0.15, -0.1) is 0 Å². The molecule has 1 aromatic carbocycles. The van der Waals surface area contributed by atoms with E-state index in [2.05, 4.69) is 24.5 Å². The monoisotopic (exact) mass is 310 g/mol. The number of nitrogens with one attached hydrogen (secondary N) is 2. The van der Waals surface area contributed by atoms with Crippen molar-refractivity contribution in [2.75, 3.05) is 5.32 Å². The number of hydrogen-bond acceptors (Lipinski definition) is 2. The van der Waals surface area contributed by atoms with Gasteiger partial charge in [-0.25, -0.2) is 9.59 Å². The molecule has 2 rings (SSSR count). The molecule has 21 heavy (non-hydrogen) atoms. The summed E-state index contributed by atoms with van der Waals surface area (Å²) >= 11 is 5.87. The molecule has 1 aliphatic rings. The third-order valence-corrected chi connectivity index (χ3v) is 4.35. The van der Waals surface area contributed by atoms with E-state index in [0.29, 0.717) is 0 Å². The fourth-order valence-corrected chi connectivity index (χ4v) is 3.01. The number of halogens is 1. The molecule has 1 aromatic rings. The number of hydrogen-bond donors (Lipinski definition) is 3. The molecular formula is C15H19ClN2O3. The van der Waals surface area contributed by atoms with Crippen molar-refractivity contribution in [2.24, 2.45) is 5.41 Å². The van der Waals surface area contributed by atoms with E-state index in [0.717, 1.165) is 19.3 Å². The minimum atomic E-state index is -1.17. The van der Waals surface area contributed by atoms with Crippen LogP contribution in [0.3, 0.4) is 0 Å². The van der Waals surface area contributed by atoms with Crippen LogP contribution in [0.25, 0.3) is 0 Å². The number of aromatic carboxylic acids is 1. The maximum atomic E-state index is 12.1. The van der Waals surface area contributed by atoms with Gasteiger partial charge in [0, 0.05) is 6.04 Å². The molecule has 0 spiro atoms. The molecule has 6 heteroatoms. The van der Waals surface area contributed by atoms with Crippen LogP contribution in [-0.4, -0.2) is 23.1 Å². The SMILES string of the molecule is CC1(C)CCCC1NC(=O)Nc1cccc(Cl)c1C(=O)O. The van der Waals surface area contributed by atoms with Crippen molar-refractivity contribution in [1.29, 1.82) is 0 Å². The van der Waals surface area contributed by atoms with E-state index < -0.39 is 12.0 Å². The summed E-state index contributed by atoms with van der Waals surface area (Å²) in [5, 5.41) is 14.8. The van der Waals surface area contributed by atoms with E-state index in [4.69, 9.17) is 11.6 Å². The second-order valence-electron chi connectivity index (χ2n) is 6.00. The lowest BCUT2D eigenvalue weighted by molar-refractivity contribution is 0.0698. The Morgan fingerprint density at radius 3 is 2.67 bits per heavy atom. The van der Waals surface area contributed by atoms with Gasteiger partial charge >= 0.3 is 12.0 Å². The van der Waals surface area contributed by atoms with Crippen molar-refractivity contribution < 1.29 is 14.7 Å². The van der Waals surface area contributed by atoms with E-state index >= 15 is 0 Å². The van der Waals surface area contributed by atoms with Crippen molar-refractivity contribution >= 4 is 29.3 Å². The average molecular weight is 311 g/mol. The lowest BCUT2D eigenvalue weighted by Crippen LogP contribution is -2.43. The summed E-state index contributed by atoms with van der Waals surface area (Å²) in [6, 6.07) is 4.29. The third kappa shape index (κ3) is 3.47. The molecule has 1 aliphatic carbocycles. The second-order valence-corrected chi connectivity index (χ2v) is 6.41. The van der Waals surface area contributed by atoms with Crippen LogP contribution >= 0.6 is 11.6 Å². The normalized spacial score (nSPS) is 20.0. The molecule has 5 nitrogen and oxygen atoms in total. The first kappa shape index (κ1) is 15.6. The molecule has 0 radical (unpaired) electrons. The van der Waals surface area contributed by atoms with Crippen molar-refractivity contribution in [3.05, 3.63) is 28.8 Å². The summed E-state index contributed by atoms with van der Waals surface area (Å²) in [6.45, 7) is 4.24. The number of rotatable bonds is 3. The molecule has 1 unspecified atom stereocenters.